The average Bonchev–Trinajstić information content (AvgIpc) is 2.26. The van der Waals surface area contributed by atoms with Crippen LogP contribution in [-0.2, 0) is 0 Å². The molecule has 0 aliphatic heterocycles. The van der Waals surface area contributed by atoms with Crippen molar-refractivity contribution in [1.82, 2.24) is 4.98 Å². The Kier molecular flexibility index (Phi) is 3.72. The number of nitrogens with one attached hydrogen (secondary N) is 1. The van der Waals surface area contributed by atoms with Crippen molar-refractivity contribution < 1.29 is 4.39 Å². The lowest BCUT2D eigenvalue weighted by atomic mass is 10.3. The maximum atomic E-state index is 13.2. The van der Waals surface area contributed by atoms with Crippen molar-refractivity contribution in [1.29, 1.82) is 0 Å². The minimum Gasteiger partial charge on any atom is -0.355 e. The molecular weight excluding hydrogens is 285 g/mol. The molecule has 0 amide bonds. The van der Waals surface area contributed by atoms with Crippen molar-refractivity contribution in [3.05, 3.63) is 51.5 Å². The molecule has 2 rings (SSSR count). The first-order valence-electron chi connectivity index (χ1n) is 4.59. The van der Waals surface area contributed by atoms with Gasteiger partial charge in [-0.25, -0.2) is 9.37 Å². The number of nitrogens with zero attached hydrogens (tertiary/aromatic N) is 1. The van der Waals surface area contributed by atoms with E-state index in [1.54, 1.807) is 18.3 Å². The first-order chi connectivity index (χ1) is 8.06. The van der Waals surface area contributed by atoms with Crippen molar-refractivity contribution >= 4 is 46.2 Å². The summed E-state index contributed by atoms with van der Waals surface area (Å²) in [5.74, 6) is -0.633. The molecule has 17 heavy (non-hydrogen) atoms. The highest BCUT2D eigenvalue weighted by molar-refractivity contribution is 6.35. The van der Waals surface area contributed by atoms with Crippen LogP contribution in [0.1, 0.15) is 0 Å². The van der Waals surface area contributed by atoms with Gasteiger partial charge in [0.2, 0.25) is 0 Å². The molecular formula is C11H6Cl3FN2. The highest BCUT2D eigenvalue weighted by Gasteiger charge is 2.07. The number of pyridine rings is 1. The summed E-state index contributed by atoms with van der Waals surface area (Å²) in [4.78, 5) is 3.84. The van der Waals surface area contributed by atoms with Gasteiger partial charge in [0.05, 0.1) is 10.0 Å². The number of anilines is 2. The molecule has 0 fully saturated rings. The Morgan fingerprint density at radius 1 is 1.00 bits per heavy atom. The van der Waals surface area contributed by atoms with E-state index in [4.69, 9.17) is 34.8 Å². The van der Waals surface area contributed by atoms with E-state index >= 15 is 0 Å². The van der Waals surface area contributed by atoms with Crippen molar-refractivity contribution in [3.63, 3.8) is 0 Å². The fourth-order valence-corrected chi connectivity index (χ4v) is 1.94. The third-order valence-corrected chi connectivity index (χ3v) is 2.76. The summed E-state index contributed by atoms with van der Waals surface area (Å²) in [7, 11) is 0. The van der Waals surface area contributed by atoms with Crippen LogP contribution in [0.4, 0.5) is 15.8 Å². The second-order valence-electron chi connectivity index (χ2n) is 3.25. The van der Waals surface area contributed by atoms with E-state index in [0.29, 0.717) is 16.5 Å². The largest absolute Gasteiger partial charge is 0.355 e. The van der Waals surface area contributed by atoms with Gasteiger partial charge in [0.1, 0.15) is 5.15 Å². The molecule has 0 spiro atoms. The Hall–Kier alpha value is -1.03. The van der Waals surface area contributed by atoms with Crippen LogP contribution in [0.5, 0.6) is 0 Å². The smallest absolute Gasteiger partial charge is 0.160 e. The highest BCUT2D eigenvalue weighted by atomic mass is 35.5. The molecule has 88 valence electrons. The Morgan fingerprint density at radius 3 is 2.24 bits per heavy atom. The Bertz CT molecular complexity index is 537. The fourth-order valence-electron chi connectivity index (χ4n) is 1.27. The van der Waals surface area contributed by atoms with E-state index in [1.165, 1.54) is 12.1 Å². The van der Waals surface area contributed by atoms with Crippen LogP contribution in [0.15, 0.2) is 30.5 Å². The van der Waals surface area contributed by atoms with Gasteiger partial charge in [-0.1, -0.05) is 34.8 Å². The lowest BCUT2D eigenvalue weighted by molar-refractivity contribution is 0.629. The molecule has 0 unspecified atom stereocenters. The third-order valence-electron chi connectivity index (χ3n) is 2.00. The van der Waals surface area contributed by atoms with E-state index in [-0.39, 0.29) is 10.0 Å². The maximum Gasteiger partial charge on any atom is 0.160 e. The quantitative estimate of drug-likeness (QED) is 0.627. The number of halogens is 4. The van der Waals surface area contributed by atoms with Crippen LogP contribution >= 0.6 is 34.8 Å². The first kappa shape index (κ1) is 12.4. The van der Waals surface area contributed by atoms with Gasteiger partial charge in [0, 0.05) is 17.6 Å². The van der Waals surface area contributed by atoms with Crippen LogP contribution in [0.25, 0.3) is 0 Å². The van der Waals surface area contributed by atoms with Crippen molar-refractivity contribution in [2.75, 3.05) is 5.32 Å². The van der Waals surface area contributed by atoms with Gasteiger partial charge < -0.3 is 5.32 Å². The first-order valence-corrected chi connectivity index (χ1v) is 5.73. The lowest BCUT2D eigenvalue weighted by Crippen LogP contribution is -1.92. The zero-order valence-corrected chi connectivity index (χ0v) is 10.6. The third kappa shape index (κ3) is 3.00. The topological polar surface area (TPSA) is 24.9 Å². The zero-order chi connectivity index (χ0) is 12.4. The minimum absolute atomic E-state index is 0.0415. The second kappa shape index (κ2) is 5.08. The summed E-state index contributed by atoms with van der Waals surface area (Å²) in [6, 6.07) is 6.23. The predicted molar refractivity (Wildman–Crippen MR) is 68.9 cm³/mol. The van der Waals surface area contributed by atoms with E-state index in [0.717, 1.165) is 0 Å². The van der Waals surface area contributed by atoms with E-state index < -0.39 is 5.82 Å². The van der Waals surface area contributed by atoms with Gasteiger partial charge in [0.25, 0.3) is 0 Å². The standard InChI is InChI=1S/C11H6Cl3FN2/c12-8-3-7(4-9(13)11(8)15)17-6-1-2-16-10(14)5-6/h1-5H,(H,16,17). The molecule has 1 aromatic heterocycles. The average molecular weight is 292 g/mol. The number of rotatable bonds is 2. The molecule has 0 saturated carbocycles. The molecule has 0 atom stereocenters. The van der Waals surface area contributed by atoms with Crippen LogP contribution < -0.4 is 5.32 Å². The number of hydrogen-bond donors (Lipinski definition) is 1. The Labute approximate surface area is 112 Å². The van der Waals surface area contributed by atoms with Crippen LogP contribution in [-0.4, -0.2) is 4.98 Å². The summed E-state index contributed by atoms with van der Waals surface area (Å²) >= 11 is 17.1. The van der Waals surface area contributed by atoms with Gasteiger partial charge in [-0.3, -0.25) is 0 Å². The van der Waals surface area contributed by atoms with E-state index in [1.807, 2.05) is 0 Å². The summed E-state index contributed by atoms with van der Waals surface area (Å²) in [6.45, 7) is 0. The Balaban J connectivity index is 2.31. The maximum absolute atomic E-state index is 13.2. The summed E-state index contributed by atoms with van der Waals surface area (Å²) < 4.78 is 13.2. The molecule has 0 aliphatic rings. The number of aromatic nitrogens is 1. The summed E-state index contributed by atoms with van der Waals surface area (Å²) in [5, 5.41) is 3.27. The minimum atomic E-state index is -0.633. The second-order valence-corrected chi connectivity index (χ2v) is 4.45. The molecule has 2 nitrogen and oxygen atoms in total. The number of hydrogen-bond acceptors (Lipinski definition) is 2. The highest BCUT2D eigenvalue weighted by Crippen LogP contribution is 2.29. The monoisotopic (exact) mass is 290 g/mol. The summed E-state index contributed by atoms with van der Waals surface area (Å²) in [6.07, 6.45) is 1.55. The molecule has 2 aromatic rings. The molecule has 0 aliphatic carbocycles. The van der Waals surface area contributed by atoms with Gasteiger partial charge >= 0.3 is 0 Å². The lowest BCUT2D eigenvalue weighted by Gasteiger charge is -2.08. The molecule has 1 heterocycles. The molecule has 0 bridgehead atoms. The molecule has 1 N–H and O–H groups in total. The van der Waals surface area contributed by atoms with Crippen LogP contribution in [0.2, 0.25) is 15.2 Å². The fraction of sp³-hybridized carbons (Fsp3) is 0. The van der Waals surface area contributed by atoms with Crippen LogP contribution in [0, 0.1) is 5.82 Å². The van der Waals surface area contributed by atoms with Gasteiger partial charge in [-0.05, 0) is 24.3 Å². The molecule has 6 heteroatoms. The SMILES string of the molecule is Fc1c(Cl)cc(Nc2ccnc(Cl)c2)cc1Cl. The number of benzene rings is 1. The normalized spacial score (nSPS) is 10.4. The van der Waals surface area contributed by atoms with Gasteiger partial charge in [-0.15, -0.1) is 0 Å². The van der Waals surface area contributed by atoms with E-state index in [2.05, 4.69) is 10.3 Å². The van der Waals surface area contributed by atoms with Crippen LogP contribution in [0.3, 0.4) is 0 Å². The predicted octanol–water partition coefficient (Wildman–Crippen LogP) is 4.92. The van der Waals surface area contributed by atoms with Crippen molar-refractivity contribution in [2.45, 2.75) is 0 Å². The summed E-state index contributed by atoms with van der Waals surface area (Å²) in [5.41, 5.74) is 1.28. The van der Waals surface area contributed by atoms with Crippen molar-refractivity contribution in [2.24, 2.45) is 0 Å². The zero-order valence-electron chi connectivity index (χ0n) is 8.35. The molecule has 0 saturated heterocycles. The van der Waals surface area contributed by atoms with Crippen molar-refractivity contribution in [3.8, 4) is 0 Å². The van der Waals surface area contributed by atoms with E-state index in [9.17, 15) is 4.39 Å². The molecule has 0 radical (unpaired) electrons. The Morgan fingerprint density at radius 2 is 1.65 bits per heavy atom. The van der Waals surface area contributed by atoms with Gasteiger partial charge in [0.15, 0.2) is 5.82 Å². The van der Waals surface area contributed by atoms with Gasteiger partial charge in [-0.2, -0.15) is 0 Å². The molecule has 1 aromatic carbocycles.